The average Bonchev–Trinajstić information content (AvgIpc) is 3.03. The molecule has 1 heterocycles. The second-order valence-electron chi connectivity index (χ2n) is 7.09. The lowest BCUT2D eigenvalue weighted by Gasteiger charge is -2.25. The van der Waals surface area contributed by atoms with Crippen LogP contribution in [-0.2, 0) is 11.2 Å². The fourth-order valence-corrected chi connectivity index (χ4v) is 3.65. The average molecular weight is 365 g/mol. The van der Waals surface area contributed by atoms with E-state index in [0.717, 1.165) is 28.8 Å². The van der Waals surface area contributed by atoms with Crippen LogP contribution < -0.4 is 10.6 Å². The Kier molecular flexibility index (Phi) is 5.79. The first kappa shape index (κ1) is 19.0. The molecule has 0 saturated carbocycles. The molecule has 2 unspecified atom stereocenters. The van der Waals surface area contributed by atoms with E-state index >= 15 is 0 Å². The number of rotatable bonds is 5. The zero-order chi connectivity index (χ0) is 19.4. The van der Waals surface area contributed by atoms with E-state index < -0.39 is 0 Å². The lowest BCUT2D eigenvalue weighted by atomic mass is 10.1. The Morgan fingerprint density at radius 2 is 1.93 bits per heavy atom. The van der Waals surface area contributed by atoms with Gasteiger partial charge in [0.1, 0.15) is 0 Å². The van der Waals surface area contributed by atoms with E-state index in [9.17, 15) is 9.59 Å². The number of anilines is 1. The Morgan fingerprint density at radius 3 is 2.63 bits per heavy atom. The summed E-state index contributed by atoms with van der Waals surface area (Å²) in [5, 5.41) is 5.93. The third-order valence-electron chi connectivity index (χ3n) is 5.22. The van der Waals surface area contributed by atoms with Gasteiger partial charge in [-0.05, 0) is 37.0 Å². The molecule has 0 spiro atoms. The lowest BCUT2D eigenvalue weighted by molar-refractivity contribution is -0.129. The Labute approximate surface area is 160 Å². The molecule has 3 amide bonds. The van der Waals surface area contributed by atoms with Crippen LogP contribution in [-0.4, -0.2) is 29.4 Å². The molecule has 2 aromatic rings. The van der Waals surface area contributed by atoms with Gasteiger partial charge < -0.3 is 15.5 Å². The van der Waals surface area contributed by atoms with E-state index in [1.807, 2.05) is 67.3 Å². The molecule has 2 aromatic carbocycles. The highest BCUT2D eigenvalue weighted by atomic mass is 16.2. The topological polar surface area (TPSA) is 61.4 Å². The van der Waals surface area contributed by atoms with Gasteiger partial charge in [0.05, 0.1) is 12.1 Å². The van der Waals surface area contributed by atoms with Gasteiger partial charge in [0.25, 0.3) is 0 Å². The van der Waals surface area contributed by atoms with Gasteiger partial charge in [0, 0.05) is 18.7 Å². The van der Waals surface area contributed by atoms with Gasteiger partial charge in [-0.1, -0.05) is 55.5 Å². The predicted molar refractivity (Wildman–Crippen MR) is 108 cm³/mol. The smallest absolute Gasteiger partial charge is 0.319 e. The maximum absolute atomic E-state index is 12.5. The summed E-state index contributed by atoms with van der Waals surface area (Å²) < 4.78 is 0. The van der Waals surface area contributed by atoms with Crippen LogP contribution in [0, 0.1) is 6.92 Å². The first-order chi connectivity index (χ1) is 13.0. The molecule has 2 atom stereocenters. The van der Waals surface area contributed by atoms with Crippen molar-refractivity contribution in [2.24, 2.45) is 0 Å². The van der Waals surface area contributed by atoms with E-state index in [0.29, 0.717) is 13.0 Å². The van der Waals surface area contributed by atoms with E-state index in [4.69, 9.17) is 0 Å². The van der Waals surface area contributed by atoms with Crippen molar-refractivity contribution >= 4 is 17.6 Å². The summed E-state index contributed by atoms with van der Waals surface area (Å²) in [7, 11) is 0. The highest BCUT2D eigenvalue weighted by molar-refractivity contribution is 5.92. The van der Waals surface area contributed by atoms with Crippen LogP contribution in [0.1, 0.15) is 43.0 Å². The molecule has 5 nitrogen and oxygen atoms in total. The van der Waals surface area contributed by atoms with Gasteiger partial charge in [0.15, 0.2) is 0 Å². The minimum Gasteiger partial charge on any atom is -0.334 e. The minimum atomic E-state index is -0.258. The number of amides is 3. The van der Waals surface area contributed by atoms with Crippen LogP contribution in [0.3, 0.4) is 0 Å². The second kappa shape index (κ2) is 8.25. The van der Waals surface area contributed by atoms with Crippen molar-refractivity contribution in [1.29, 1.82) is 0 Å². The number of benzene rings is 2. The maximum atomic E-state index is 12.5. The number of carbonyl (C=O) groups excluding carboxylic acids is 2. The van der Waals surface area contributed by atoms with E-state index in [2.05, 4.69) is 17.6 Å². The molecular formula is C22H27N3O2. The highest BCUT2D eigenvalue weighted by Gasteiger charge is 2.34. The summed E-state index contributed by atoms with van der Waals surface area (Å²) in [5.74, 6) is 0.0711. The summed E-state index contributed by atoms with van der Waals surface area (Å²) in [6.07, 6.45) is 1.18. The summed E-state index contributed by atoms with van der Waals surface area (Å²) >= 11 is 0. The van der Waals surface area contributed by atoms with Crippen molar-refractivity contribution in [3.05, 3.63) is 65.2 Å². The van der Waals surface area contributed by atoms with Gasteiger partial charge in [0.2, 0.25) is 5.91 Å². The fourth-order valence-electron chi connectivity index (χ4n) is 3.65. The Balaban J connectivity index is 1.62. The largest absolute Gasteiger partial charge is 0.334 e. The minimum absolute atomic E-state index is 0.00313. The first-order valence-corrected chi connectivity index (χ1v) is 9.50. The molecule has 0 aliphatic carbocycles. The molecule has 1 aliphatic heterocycles. The van der Waals surface area contributed by atoms with E-state index in [-0.39, 0.29) is 24.0 Å². The number of aryl methyl sites for hydroxylation is 2. The van der Waals surface area contributed by atoms with Crippen molar-refractivity contribution in [2.75, 3.05) is 11.9 Å². The van der Waals surface area contributed by atoms with Crippen molar-refractivity contribution in [3.8, 4) is 0 Å². The quantitative estimate of drug-likeness (QED) is 0.840. The van der Waals surface area contributed by atoms with Crippen molar-refractivity contribution in [1.82, 2.24) is 10.2 Å². The van der Waals surface area contributed by atoms with E-state index in [1.165, 1.54) is 0 Å². The van der Waals surface area contributed by atoms with Crippen LogP contribution >= 0.6 is 0 Å². The van der Waals surface area contributed by atoms with Gasteiger partial charge in [-0.3, -0.25) is 4.79 Å². The highest BCUT2D eigenvalue weighted by Crippen LogP contribution is 2.26. The number of carbonyl (C=O) groups is 2. The van der Waals surface area contributed by atoms with Crippen LogP contribution in [0.2, 0.25) is 0 Å². The second-order valence-corrected chi connectivity index (χ2v) is 7.09. The normalized spacial score (nSPS) is 17.7. The molecule has 0 radical (unpaired) electrons. The number of para-hydroxylation sites is 1. The van der Waals surface area contributed by atoms with Gasteiger partial charge in [-0.2, -0.15) is 0 Å². The first-order valence-electron chi connectivity index (χ1n) is 9.50. The maximum Gasteiger partial charge on any atom is 0.319 e. The molecular weight excluding hydrogens is 338 g/mol. The fraction of sp³-hybridized carbons (Fsp3) is 0.364. The number of hydrogen-bond acceptors (Lipinski definition) is 2. The molecule has 5 heteroatoms. The molecule has 0 aromatic heterocycles. The number of nitrogens with one attached hydrogen (secondary N) is 2. The zero-order valence-corrected chi connectivity index (χ0v) is 16.2. The standard InChI is InChI=1S/C22H27N3O2/c1-4-17-12-8-9-15(2)21(17)24-22(27)23-19-13-20(26)25(14-19)16(3)18-10-6-5-7-11-18/h5-12,16,19H,4,13-14H2,1-3H3,(H2,23,24,27). The zero-order valence-electron chi connectivity index (χ0n) is 16.2. The van der Waals surface area contributed by atoms with Crippen LogP contribution in [0.5, 0.6) is 0 Å². The Bertz CT molecular complexity index is 820. The summed E-state index contributed by atoms with van der Waals surface area (Å²) in [4.78, 5) is 26.8. The lowest BCUT2D eigenvalue weighted by Crippen LogP contribution is -2.40. The Hall–Kier alpha value is -2.82. The summed E-state index contributed by atoms with van der Waals surface area (Å²) in [6, 6.07) is 15.5. The molecule has 27 heavy (non-hydrogen) atoms. The number of likely N-dealkylation sites (tertiary alicyclic amines) is 1. The predicted octanol–water partition coefficient (Wildman–Crippen LogP) is 4.04. The third-order valence-corrected chi connectivity index (χ3v) is 5.22. The third kappa shape index (κ3) is 4.30. The summed E-state index contributed by atoms with van der Waals surface area (Å²) in [6.45, 7) is 6.60. The van der Waals surface area contributed by atoms with Crippen LogP contribution in [0.25, 0.3) is 0 Å². The van der Waals surface area contributed by atoms with Crippen molar-refractivity contribution < 1.29 is 9.59 Å². The van der Waals surface area contributed by atoms with Gasteiger partial charge >= 0.3 is 6.03 Å². The molecule has 2 N–H and O–H groups in total. The Morgan fingerprint density at radius 1 is 1.19 bits per heavy atom. The number of nitrogens with zero attached hydrogens (tertiary/aromatic N) is 1. The number of hydrogen-bond donors (Lipinski definition) is 2. The molecule has 0 bridgehead atoms. The van der Waals surface area contributed by atoms with Crippen LogP contribution in [0.4, 0.5) is 10.5 Å². The van der Waals surface area contributed by atoms with E-state index in [1.54, 1.807) is 0 Å². The SMILES string of the molecule is CCc1cccc(C)c1NC(=O)NC1CC(=O)N(C(C)c2ccccc2)C1. The molecule has 1 saturated heterocycles. The summed E-state index contributed by atoms with van der Waals surface area (Å²) in [5.41, 5.74) is 4.10. The molecule has 1 aliphatic rings. The number of urea groups is 1. The molecule has 1 fully saturated rings. The monoisotopic (exact) mass is 365 g/mol. The van der Waals surface area contributed by atoms with Gasteiger partial charge in [-0.15, -0.1) is 0 Å². The molecule has 142 valence electrons. The van der Waals surface area contributed by atoms with Crippen LogP contribution in [0.15, 0.2) is 48.5 Å². The van der Waals surface area contributed by atoms with Crippen molar-refractivity contribution in [3.63, 3.8) is 0 Å². The molecule has 3 rings (SSSR count). The van der Waals surface area contributed by atoms with Crippen molar-refractivity contribution in [2.45, 2.75) is 45.7 Å². The van der Waals surface area contributed by atoms with Gasteiger partial charge in [-0.25, -0.2) is 4.79 Å².